The van der Waals surface area contributed by atoms with Gasteiger partial charge in [-0.1, -0.05) is 20.8 Å². The monoisotopic (exact) mass is 245 g/mol. The molecule has 18 heavy (non-hydrogen) atoms. The van der Waals surface area contributed by atoms with Gasteiger partial charge in [0.25, 0.3) is 5.91 Å². The normalized spacial score (nSPS) is 10.8. The van der Waals surface area contributed by atoms with Crippen molar-refractivity contribution >= 4 is 5.91 Å². The molecule has 0 bridgehead atoms. The van der Waals surface area contributed by atoms with Crippen LogP contribution in [-0.4, -0.2) is 29.4 Å². The first-order chi connectivity index (χ1) is 8.33. The molecule has 4 nitrogen and oxygen atoms in total. The molecule has 0 saturated heterocycles. The quantitative estimate of drug-likeness (QED) is 0.822. The Hall–Kier alpha value is -1.89. The summed E-state index contributed by atoms with van der Waals surface area (Å²) < 4.78 is 0. The Kier molecular flexibility index (Phi) is 4.43. The lowest BCUT2D eigenvalue weighted by Gasteiger charge is -2.23. The summed E-state index contributed by atoms with van der Waals surface area (Å²) in [4.78, 5) is 17.7. The van der Waals surface area contributed by atoms with Crippen LogP contribution in [0.5, 0.6) is 0 Å². The molecule has 0 unspecified atom stereocenters. The molecule has 0 N–H and O–H groups in total. The summed E-state index contributed by atoms with van der Waals surface area (Å²) in [5, 5.41) is 8.66. The van der Waals surface area contributed by atoms with Gasteiger partial charge in [-0.15, -0.1) is 0 Å². The minimum Gasteiger partial charge on any atom is -0.340 e. The standard InChI is InChI=1S/C14H19N3O/c1-14(2,3)7-8-17(4)13(18)12-6-5-11(9-15)10-16-12/h5-6,10H,7-8H2,1-4H3. The Morgan fingerprint density at radius 3 is 2.56 bits per heavy atom. The molecule has 0 atom stereocenters. The molecule has 0 aliphatic carbocycles. The molecule has 1 aromatic rings. The van der Waals surface area contributed by atoms with Gasteiger partial charge in [0.2, 0.25) is 0 Å². The minimum atomic E-state index is -0.108. The molecule has 0 aromatic carbocycles. The number of amides is 1. The van der Waals surface area contributed by atoms with Crippen molar-refractivity contribution in [2.75, 3.05) is 13.6 Å². The van der Waals surface area contributed by atoms with E-state index in [0.717, 1.165) is 6.42 Å². The number of nitriles is 1. The highest BCUT2D eigenvalue weighted by atomic mass is 16.2. The number of aromatic nitrogens is 1. The van der Waals surface area contributed by atoms with Crippen LogP contribution in [0.1, 0.15) is 43.2 Å². The first-order valence-electron chi connectivity index (χ1n) is 5.95. The van der Waals surface area contributed by atoms with Crippen LogP contribution >= 0.6 is 0 Å². The molecule has 0 saturated carbocycles. The van der Waals surface area contributed by atoms with E-state index >= 15 is 0 Å². The SMILES string of the molecule is CN(CCC(C)(C)C)C(=O)c1ccc(C#N)cn1. The van der Waals surface area contributed by atoms with E-state index in [0.29, 0.717) is 17.8 Å². The fourth-order valence-electron chi connectivity index (χ4n) is 1.39. The van der Waals surface area contributed by atoms with Gasteiger partial charge in [-0.25, -0.2) is 4.98 Å². The van der Waals surface area contributed by atoms with Crippen LogP contribution in [0.15, 0.2) is 18.3 Å². The minimum absolute atomic E-state index is 0.108. The maximum absolute atomic E-state index is 12.0. The van der Waals surface area contributed by atoms with Crippen molar-refractivity contribution in [1.29, 1.82) is 5.26 Å². The third-order valence-corrected chi connectivity index (χ3v) is 2.66. The highest BCUT2D eigenvalue weighted by molar-refractivity contribution is 5.92. The lowest BCUT2D eigenvalue weighted by molar-refractivity contribution is 0.0774. The zero-order valence-corrected chi connectivity index (χ0v) is 11.4. The predicted octanol–water partition coefficient (Wildman–Crippen LogP) is 2.46. The average molecular weight is 245 g/mol. The summed E-state index contributed by atoms with van der Waals surface area (Å²) in [6.07, 6.45) is 2.36. The number of hydrogen-bond acceptors (Lipinski definition) is 3. The summed E-state index contributed by atoms with van der Waals surface area (Å²) in [6.45, 7) is 7.13. The molecule has 0 radical (unpaired) electrons. The van der Waals surface area contributed by atoms with E-state index in [1.54, 1.807) is 24.1 Å². The summed E-state index contributed by atoms with van der Waals surface area (Å²) in [5.41, 5.74) is 1.04. The summed E-state index contributed by atoms with van der Waals surface area (Å²) in [5.74, 6) is -0.108. The summed E-state index contributed by atoms with van der Waals surface area (Å²) in [6, 6.07) is 5.18. The molecule has 0 aliphatic rings. The molecule has 1 rings (SSSR count). The van der Waals surface area contributed by atoms with Crippen LogP contribution in [0.4, 0.5) is 0 Å². The number of carbonyl (C=O) groups excluding carboxylic acids is 1. The van der Waals surface area contributed by atoms with Crippen LogP contribution in [0.3, 0.4) is 0 Å². The molecular formula is C14H19N3O. The van der Waals surface area contributed by atoms with Crippen LogP contribution in [-0.2, 0) is 0 Å². The van der Waals surface area contributed by atoms with Gasteiger partial charge in [0.15, 0.2) is 0 Å². The first-order valence-corrected chi connectivity index (χ1v) is 5.95. The van der Waals surface area contributed by atoms with Gasteiger partial charge in [0.05, 0.1) is 5.56 Å². The van der Waals surface area contributed by atoms with E-state index in [1.807, 2.05) is 6.07 Å². The zero-order chi connectivity index (χ0) is 13.8. The molecule has 0 spiro atoms. The second-order valence-corrected chi connectivity index (χ2v) is 5.58. The van der Waals surface area contributed by atoms with Crippen molar-refractivity contribution in [2.45, 2.75) is 27.2 Å². The highest BCUT2D eigenvalue weighted by Gasteiger charge is 2.16. The Bertz CT molecular complexity index is 451. The van der Waals surface area contributed by atoms with Crippen LogP contribution < -0.4 is 0 Å². The maximum atomic E-state index is 12.0. The Balaban J connectivity index is 2.66. The van der Waals surface area contributed by atoms with Gasteiger partial charge in [-0.05, 0) is 24.0 Å². The summed E-state index contributed by atoms with van der Waals surface area (Å²) in [7, 11) is 1.77. The number of nitrogens with zero attached hydrogens (tertiary/aromatic N) is 3. The molecule has 0 aliphatic heterocycles. The number of hydrogen-bond donors (Lipinski definition) is 0. The van der Waals surface area contributed by atoms with Gasteiger partial charge < -0.3 is 4.90 Å². The van der Waals surface area contributed by atoms with Gasteiger partial charge in [-0.3, -0.25) is 4.79 Å². The largest absolute Gasteiger partial charge is 0.340 e. The Labute approximate surface area is 108 Å². The third kappa shape index (κ3) is 4.17. The Morgan fingerprint density at radius 1 is 1.44 bits per heavy atom. The second-order valence-electron chi connectivity index (χ2n) is 5.58. The summed E-state index contributed by atoms with van der Waals surface area (Å²) >= 11 is 0. The number of pyridine rings is 1. The van der Waals surface area contributed by atoms with Crippen LogP contribution in [0.2, 0.25) is 0 Å². The van der Waals surface area contributed by atoms with Gasteiger partial charge in [0, 0.05) is 19.8 Å². The topological polar surface area (TPSA) is 57.0 Å². The molecule has 4 heteroatoms. The lowest BCUT2D eigenvalue weighted by Crippen LogP contribution is -2.30. The maximum Gasteiger partial charge on any atom is 0.272 e. The predicted molar refractivity (Wildman–Crippen MR) is 70.0 cm³/mol. The van der Waals surface area contributed by atoms with E-state index in [9.17, 15) is 4.79 Å². The van der Waals surface area contributed by atoms with E-state index in [2.05, 4.69) is 25.8 Å². The van der Waals surface area contributed by atoms with Gasteiger partial charge in [-0.2, -0.15) is 5.26 Å². The first kappa shape index (κ1) is 14.2. The van der Waals surface area contributed by atoms with Crippen molar-refractivity contribution in [3.63, 3.8) is 0 Å². The zero-order valence-electron chi connectivity index (χ0n) is 11.4. The third-order valence-electron chi connectivity index (χ3n) is 2.66. The molecule has 96 valence electrons. The van der Waals surface area contributed by atoms with E-state index in [-0.39, 0.29) is 11.3 Å². The van der Waals surface area contributed by atoms with E-state index in [1.165, 1.54) is 6.20 Å². The molecule has 0 fully saturated rings. The van der Waals surface area contributed by atoms with Crippen molar-refractivity contribution in [3.8, 4) is 6.07 Å². The van der Waals surface area contributed by atoms with Gasteiger partial charge in [0.1, 0.15) is 11.8 Å². The van der Waals surface area contributed by atoms with E-state index < -0.39 is 0 Å². The Morgan fingerprint density at radius 2 is 2.11 bits per heavy atom. The van der Waals surface area contributed by atoms with Gasteiger partial charge >= 0.3 is 0 Å². The smallest absolute Gasteiger partial charge is 0.272 e. The highest BCUT2D eigenvalue weighted by Crippen LogP contribution is 2.18. The van der Waals surface area contributed by atoms with Crippen molar-refractivity contribution in [3.05, 3.63) is 29.6 Å². The average Bonchev–Trinajstić information content (AvgIpc) is 2.34. The fourth-order valence-corrected chi connectivity index (χ4v) is 1.39. The van der Waals surface area contributed by atoms with Crippen molar-refractivity contribution in [2.24, 2.45) is 5.41 Å². The molecule has 1 amide bonds. The van der Waals surface area contributed by atoms with Crippen LogP contribution in [0, 0.1) is 16.7 Å². The number of carbonyl (C=O) groups is 1. The second kappa shape index (κ2) is 5.63. The van der Waals surface area contributed by atoms with E-state index in [4.69, 9.17) is 5.26 Å². The molecular weight excluding hydrogens is 226 g/mol. The van der Waals surface area contributed by atoms with Crippen LogP contribution in [0.25, 0.3) is 0 Å². The molecule has 1 aromatic heterocycles. The number of rotatable bonds is 3. The van der Waals surface area contributed by atoms with Crippen molar-refractivity contribution < 1.29 is 4.79 Å². The lowest BCUT2D eigenvalue weighted by atomic mass is 9.92. The molecule has 1 heterocycles. The van der Waals surface area contributed by atoms with Crippen molar-refractivity contribution in [1.82, 2.24) is 9.88 Å². The fraction of sp³-hybridized carbons (Fsp3) is 0.500.